The summed E-state index contributed by atoms with van der Waals surface area (Å²) in [4.78, 5) is 38.1. The van der Waals surface area contributed by atoms with Crippen LogP contribution in [-0.4, -0.2) is 46.1 Å². The molecule has 1 aliphatic carbocycles. The van der Waals surface area contributed by atoms with Crippen LogP contribution >= 0.6 is 0 Å². The lowest BCUT2D eigenvalue weighted by Gasteiger charge is -2.15. The molecule has 0 aromatic heterocycles. The summed E-state index contributed by atoms with van der Waals surface area (Å²) in [5, 5.41) is 14.7. The quantitative estimate of drug-likeness (QED) is 0.416. The minimum Gasteiger partial charge on any atom is -0.429 e. The Bertz CT molecular complexity index is 322. The highest BCUT2D eigenvalue weighted by molar-refractivity contribution is 6.01. The first kappa shape index (κ1) is 15.4. The van der Waals surface area contributed by atoms with E-state index in [1.807, 2.05) is 0 Å². The van der Waals surface area contributed by atoms with Crippen molar-refractivity contribution in [3.63, 3.8) is 0 Å². The molecule has 8 heteroatoms. The summed E-state index contributed by atoms with van der Waals surface area (Å²) >= 11 is 0. The van der Waals surface area contributed by atoms with Gasteiger partial charge in [0.05, 0.1) is 0 Å². The van der Waals surface area contributed by atoms with Crippen molar-refractivity contribution in [2.45, 2.75) is 44.6 Å². The van der Waals surface area contributed by atoms with E-state index in [0.717, 1.165) is 25.7 Å². The van der Waals surface area contributed by atoms with E-state index in [1.54, 1.807) is 0 Å². The molecule has 1 saturated heterocycles. The number of aliphatic hydroxyl groups is 2. The number of hydrogen-bond acceptors (Lipinski definition) is 7. The molecule has 2 fully saturated rings. The Balaban J connectivity index is 0.000000550. The van der Waals surface area contributed by atoms with Gasteiger partial charge in [0, 0.05) is 12.8 Å². The zero-order chi connectivity index (χ0) is 14.3. The van der Waals surface area contributed by atoms with Crippen LogP contribution in [0.2, 0.25) is 0 Å². The summed E-state index contributed by atoms with van der Waals surface area (Å²) in [7, 11) is 0. The van der Waals surface area contributed by atoms with Crippen LogP contribution in [0.25, 0.3) is 0 Å². The second-order valence-corrected chi connectivity index (χ2v) is 4.09. The minimum atomic E-state index is -0.962. The van der Waals surface area contributed by atoms with Crippen molar-refractivity contribution in [2.24, 2.45) is 0 Å². The van der Waals surface area contributed by atoms with Gasteiger partial charge in [-0.05, 0) is 25.7 Å². The number of rotatable bonds is 2. The van der Waals surface area contributed by atoms with E-state index >= 15 is 0 Å². The summed E-state index contributed by atoms with van der Waals surface area (Å²) in [6.07, 6.45) is 2.77. The fraction of sp³-hybridized carbons (Fsp3) is 0.727. The van der Waals surface area contributed by atoms with Crippen molar-refractivity contribution in [1.29, 1.82) is 0 Å². The van der Waals surface area contributed by atoms with Crippen molar-refractivity contribution < 1.29 is 34.2 Å². The fourth-order valence-corrected chi connectivity index (χ4v) is 1.90. The lowest BCUT2D eigenvalue weighted by molar-refractivity contribution is -0.178. The second-order valence-electron chi connectivity index (χ2n) is 4.09. The topological polar surface area (TPSA) is 113 Å². The normalized spacial score (nSPS) is 19.2. The summed E-state index contributed by atoms with van der Waals surface area (Å²) in [5.41, 5.74) is 0. The highest BCUT2D eigenvalue weighted by Gasteiger charge is 2.34. The molecule has 19 heavy (non-hydrogen) atoms. The van der Waals surface area contributed by atoms with E-state index < -0.39 is 24.8 Å². The van der Waals surface area contributed by atoms with Crippen molar-refractivity contribution in [2.75, 3.05) is 6.79 Å². The molecule has 1 heterocycles. The smallest absolute Gasteiger partial charge is 0.429 e. The van der Waals surface area contributed by atoms with E-state index in [-0.39, 0.29) is 18.9 Å². The second kappa shape index (κ2) is 7.70. The van der Waals surface area contributed by atoms with Gasteiger partial charge in [0.2, 0.25) is 0 Å². The number of amides is 2. The van der Waals surface area contributed by atoms with Crippen LogP contribution in [0, 0.1) is 0 Å². The molecule has 0 unspecified atom stereocenters. The fourth-order valence-electron chi connectivity index (χ4n) is 1.90. The van der Waals surface area contributed by atoms with Gasteiger partial charge in [-0.1, -0.05) is 5.06 Å². The van der Waals surface area contributed by atoms with Gasteiger partial charge in [0.25, 0.3) is 11.8 Å². The average Bonchev–Trinajstić information content (AvgIpc) is 2.95. The van der Waals surface area contributed by atoms with E-state index in [0.29, 0.717) is 5.06 Å². The number of hydrogen-bond donors (Lipinski definition) is 2. The number of ether oxygens (including phenoxy) is 1. The number of carbonyl (C=O) groups excluding carboxylic acids is 3. The van der Waals surface area contributed by atoms with Gasteiger partial charge in [-0.15, -0.1) is 0 Å². The molecule has 2 rings (SSSR count). The Labute approximate surface area is 109 Å². The summed E-state index contributed by atoms with van der Waals surface area (Å²) in [5.74, 6) is -0.984. The standard InChI is InChI=1S/C10H13NO5.CH4O2/c12-8-5-6-9(13)11(8)16-10(14)15-7-3-1-2-4-7;2-1-3/h7H,1-6H2;2-3H,1H2. The third-order valence-electron chi connectivity index (χ3n) is 2.74. The zero-order valence-corrected chi connectivity index (χ0v) is 10.4. The van der Waals surface area contributed by atoms with Crippen molar-refractivity contribution in [3.8, 4) is 0 Å². The first-order valence-corrected chi connectivity index (χ1v) is 6.04. The Morgan fingerprint density at radius 3 is 2.11 bits per heavy atom. The first-order chi connectivity index (χ1) is 9.08. The summed E-state index contributed by atoms with van der Waals surface area (Å²) in [6, 6.07) is 0. The molecule has 8 nitrogen and oxygen atoms in total. The molecule has 0 aromatic rings. The summed E-state index contributed by atoms with van der Waals surface area (Å²) in [6.45, 7) is -0.750. The van der Waals surface area contributed by atoms with Crippen molar-refractivity contribution >= 4 is 18.0 Å². The Morgan fingerprint density at radius 1 is 1.16 bits per heavy atom. The monoisotopic (exact) mass is 275 g/mol. The molecule has 108 valence electrons. The predicted molar refractivity (Wildman–Crippen MR) is 60.2 cm³/mol. The van der Waals surface area contributed by atoms with Gasteiger partial charge in [-0.2, -0.15) is 0 Å². The molecule has 1 saturated carbocycles. The Hall–Kier alpha value is -1.67. The number of aliphatic hydroxyl groups excluding tert-OH is 1. The highest BCUT2D eigenvalue weighted by Crippen LogP contribution is 2.22. The SMILES string of the molecule is O=C(OC1CCCC1)ON1C(=O)CCC1=O.OCO. The molecule has 2 N–H and O–H groups in total. The molecule has 2 amide bonds. The van der Waals surface area contributed by atoms with Crippen molar-refractivity contribution in [3.05, 3.63) is 0 Å². The molecule has 2 aliphatic rings. The van der Waals surface area contributed by atoms with Crippen molar-refractivity contribution in [1.82, 2.24) is 5.06 Å². The predicted octanol–water partition coefficient (Wildman–Crippen LogP) is 0.0747. The molecular formula is C11H17NO7. The number of carbonyl (C=O) groups is 3. The molecular weight excluding hydrogens is 258 g/mol. The molecule has 0 aromatic carbocycles. The lowest BCUT2D eigenvalue weighted by atomic mass is 10.3. The maximum Gasteiger partial charge on any atom is 0.534 e. The van der Waals surface area contributed by atoms with E-state index in [2.05, 4.69) is 4.84 Å². The average molecular weight is 275 g/mol. The number of nitrogens with zero attached hydrogens (tertiary/aromatic N) is 1. The Morgan fingerprint density at radius 2 is 1.63 bits per heavy atom. The lowest BCUT2D eigenvalue weighted by Crippen LogP contribution is -2.33. The van der Waals surface area contributed by atoms with Gasteiger partial charge in [0.15, 0.2) is 0 Å². The summed E-state index contributed by atoms with van der Waals surface area (Å²) < 4.78 is 4.96. The van der Waals surface area contributed by atoms with Crippen LogP contribution in [0.1, 0.15) is 38.5 Å². The number of imide groups is 1. The van der Waals surface area contributed by atoms with Crippen LogP contribution in [0.5, 0.6) is 0 Å². The van der Waals surface area contributed by atoms with Gasteiger partial charge in [0.1, 0.15) is 12.9 Å². The van der Waals surface area contributed by atoms with Crippen LogP contribution in [0.4, 0.5) is 4.79 Å². The molecule has 1 aliphatic heterocycles. The Kier molecular flexibility index (Phi) is 6.23. The maximum absolute atomic E-state index is 11.3. The molecule has 0 radical (unpaired) electrons. The van der Waals surface area contributed by atoms with Gasteiger partial charge in [-0.25, -0.2) is 4.79 Å². The van der Waals surface area contributed by atoms with Gasteiger partial charge in [-0.3, -0.25) is 14.4 Å². The van der Waals surface area contributed by atoms with E-state index in [4.69, 9.17) is 14.9 Å². The van der Waals surface area contributed by atoms with Gasteiger partial charge < -0.3 is 14.9 Å². The number of hydroxylamine groups is 2. The third kappa shape index (κ3) is 4.84. The highest BCUT2D eigenvalue weighted by atomic mass is 16.8. The van der Waals surface area contributed by atoms with E-state index in [1.165, 1.54) is 0 Å². The van der Waals surface area contributed by atoms with Crippen LogP contribution in [-0.2, 0) is 19.2 Å². The van der Waals surface area contributed by atoms with Crippen LogP contribution in [0.15, 0.2) is 0 Å². The molecule has 0 atom stereocenters. The third-order valence-corrected chi connectivity index (χ3v) is 2.74. The maximum atomic E-state index is 11.3. The van der Waals surface area contributed by atoms with Crippen LogP contribution < -0.4 is 0 Å². The van der Waals surface area contributed by atoms with Crippen LogP contribution in [0.3, 0.4) is 0 Å². The first-order valence-electron chi connectivity index (χ1n) is 6.04. The molecule has 0 spiro atoms. The largest absolute Gasteiger partial charge is 0.534 e. The minimum absolute atomic E-state index is 0.0928. The van der Waals surface area contributed by atoms with E-state index in [9.17, 15) is 14.4 Å². The zero-order valence-electron chi connectivity index (χ0n) is 10.4. The molecule has 0 bridgehead atoms. The van der Waals surface area contributed by atoms with Gasteiger partial charge >= 0.3 is 6.16 Å².